The lowest BCUT2D eigenvalue weighted by Gasteiger charge is -1.95. The van der Waals surface area contributed by atoms with Gasteiger partial charge in [0.1, 0.15) is 5.76 Å². The fraction of sp³-hybridized carbons (Fsp3) is 0.333. The summed E-state index contributed by atoms with van der Waals surface area (Å²) in [7, 11) is 0. The van der Waals surface area contributed by atoms with Gasteiger partial charge in [-0.25, -0.2) is 9.78 Å². The molecule has 0 aliphatic heterocycles. The third kappa shape index (κ3) is 2.63. The minimum absolute atomic E-state index is 0.142. The van der Waals surface area contributed by atoms with Crippen LogP contribution in [-0.4, -0.2) is 21.8 Å². The zero-order valence-corrected chi connectivity index (χ0v) is 8.85. The van der Waals surface area contributed by atoms with Crippen LogP contribution in [0.4, 0.5) is 0 Å². The number of aliphatic carboxylic acids is 1. The SMILES string of the molecule is C=C(CSc1nc(C)c(C)o1)C(=O)O. The second kappa shape index (κ2) is 4.32. The van der Waals surface area contributed by atoms with Gasteiger partial charge in [-0.2, -0.15) is 0 Å². The normalized spacial score (nSPS) is 10.1. The molecule has 0 radical (unpaired) electrons. The largest absolute Gasteiger partial charge is 0.478 e. The molecule has 1 rings (SSSR count). The number of hydrogen-bond acceptors (Lipinski definition) is 4. The summed E-state index contributed by atoms with van der Waals surface area (Å²) in [5.41, 5.74) is 0.969. The molecule has 4 nitrogen and oxygen atoms in total. The van der Waals surface area contributed by atoms with Gasteiger partial charge >= 0.3 is 5.97 Å². The van der Waals surface area contributed by atoms with E-state index in [1.54, 1.807) is 0 Å². The van der Waals surface area contributed by atoms with Crippen LogP contribution in [0.3, 0.4) is 0 Å². The Balaban J connectivity index is 2.54. The van der Waals surface area contributed by atoms with Gasteiger partial charge in [0.15, 0.2) is 0 Å². The highest BCUT2D eigenvalue weighted by atomic mass is 32.2. The minimum atomic E-state index is -0.988. The van der Waals surface area contributed by atoms with Crippen molar-refractivity contribution >= 4 is 17.7 Å². The van der Waals surface area contributed by atoms with Crippen LogP contribution in [0.5, 0.6) is 0 Å². The van der Waals surface area contributed by atoms with Gasteiger partial charge in [-0.05, 0) is 13.8 Å². The molecule has 1 aromatic heterocycles. The van der Waals surface area contributed by atoms with Gasteiger partial charge < -0.3 is 9.52 Å². The van der Waals surface area contributed by atoms with Crippen LogP contribution in [0, 0.1) is 13.8 Å². The standard InChI is InChI=1S/C9H11NO3S/c1-5(8(11)12)4-14-9-10-6(2)7(3)13-9/h1,4H2,2-3H3,(H,11,12). The van der Waals surface area contributed by atoms with Crippen molar-refractivity contribution in [3.63, 3.8) is 0 Å². The first-order valence-corrected chi connectivity index (χ1v) is 4.97. The summed E-state index contributed by atoms with van der Waals surface area (Å²) >= 11 is 1.23. The third-order valence-corrected chi connectivity index (χ3v) is 2.60. The molecule has 1 N–H and O–H groups in total. The van der Waals surface area contributed by atoms with Crippen molar-refractivity contribution in [1.82, 2.24) is 4.98 Å². The summed E-state index contributed by atoms with van der Waals surface area (Å²) in [5, 5.41) is 9.04. The average Bonchev–Trinajstić information content (AvgIpc) is 2.42. The molecular weight excluding hydrogens is 202 g/mol. The van der Waals surface area contributed by atoms with Crippen LogP contribution in [0.2, 0.25) is 0 Å². The van der Waals surface area contributed by atoms with E-state index in [4.69, 9.17) is 9.52 Å². The average molecular weight is 213 g/mol. The molecule has 14 heavy (non-hydrogen) atoms. The number of oxazole rings is 1. The van der Waals surface area contributed by atoms with E-state index >= 15 is 0 Å². The number of thioether (sulfide) groups is 1. The molecule has 0 unspecified atom stereocenters. The highest BCUT2D eigenvalue weighted by molar-refractivity contribution is 7.99. The number of carboxylic acids is 1. The fourth-order valence-electron chi connectivity index (χ4n) is 0.716. The van der Waals surface area contributed by atoms with Crippen molar-refractivity contribution in [2.45, 2.75) is 19.1 Å². The van der Waals surface area contributed by atoms with Crippen LogP contribution in [0.25, 0.3) is 0 Å². The molecule has 76 valence electrons. The van der Waals surface area contributed by atoms with Gasteiger partial charge in [0.2, 0.25) is 0 Å². The first kappa shape index (κ1) is 10.8. The Morgan fingerprint density at radius 3 is 2.71 bits per heavy atom. The van der Waals surface area contributed by atoms with E-state index < -0.39 is 5.97 Å². The van der Waals surface area contributed by atoms with Gasteiger partial charge in [0.25, 0.3) is 5.22 Å². The quantitative estimate of drug-likeness (QED) is 0.612. The minimum Gasteiger partial charge on any atom is -0.478 e. The molecule has 0 saturated carbocycles. The summed E-state index contributed by atoms with van der Waals surface area (Å²) in [5.74, 6) is 0.0558. The van der Waals surface area contributed by atoms with E-state index in [2.05, 4.69) is 11.6 Å². The monoisotopic (exact) mass is 213 g/mol. The summed E-state index contributed by atoms with van der Waals surface area (Å²) in [6.45, 7) is 7.07. The van der Waals surface area contributed by atoms with Crippen molar-refractivity contribution < 1.29 is 14.3 Å². The number of hydrogen-bond donors (Lipinski definition) is 1. The Labute approximate surface area is 86.0 Å². The number of nitrogens with zero attached hydrogens (tertiary/aromatic N) is 1. The molecule has 1 aromatic rings. The molecule has 0 atom stereocenters. The molecule has 0 saturated heterocycles. The molecule has 0 bridgehead atoms. The molecule has 0 aromatic carbocycles. The molecule has 0 aliphatic carbocycles. The molecule has 0 aliphatic rings. The zero-order chi connectivity index (χ0) is 10.7. The van der Waals surface area contributed by atoms with Crippen molar-refractivity contribution in [1.29, 1.82) is 0 Å². The Hall–Kier alpha value is -1.23. The van der Waals surface area contributed by atoms with Gasteiger partial charge in [-0.1, -0.05) is 18.3 Å². The summed E-state index contributed by atoms with van der Waals surface area (Å²) in [6, 6.07) is 0. The lowest BCUT2D eigenvalue weighted by Crippen LogP contribution is -2.00. The summed E-state index contributed by atoms with van der Waals surface area (Å²) in [6.07, 6.45) is 0. The maximum absolute atomic E-state index is 10.4. The first-order chi connectivity index (χ1) is 6.50. The van der Waals surface area contributed by atoms with Crippen molar-refractivity contribution in [3.05, 3.63) is 23.6 Å². The van der Waals surface area contributed by atoms with Crippen LogP contribution >= 0.6 is 11.8 Å². The summed E-state index contributed by atoms with van der Waals surface area (Å²) < 4.78 is 5.26. The number of carbonyl (C=O) groups is 1. The lowest BCUT2D eigenvalue weighted by atomic mass is 10.4. The highest BCUT2D eigenvalue weighted by Crippen LogP contribution is 2.21. The van der Waals surface area contributed by atoms with E-state index in [0.717, 1.165) is 11.5 Å². The Kier molecular flexibility index (Phi) is 3.35. The van der Waals surface area contributed by atoms with Gasteiger partial charge in [0, 0.05) is 11.3 Å². The topological polar surface area (TPSA) is 63.3 Å². The third-order valence-electron chi connectivity index (χ3n) is 1.68. The maximum Gasteiger partial charge on any atom is 0.331 e. The van der Waals surface area contributed by atoms with Gasteiger partial charge in [0.05, 0.1) is 5.69 Å². The highest BCUT2D eigenvalue weighted by Gasteiger charge is 2.09. The molecular formula is C9H11NO3S. The number of rotatable bonds is 4. The predicted octanol–water partition coefficient (Wildman–Crippen LogP) is 2.02. The van der Waals surface area contributed by atoms with Crippen molar-refractivity contribution in [3.8, 4) is 0 Å². The van der Waals surface area contributed by atoms with E-state index in [0.29, 0.717) is 5.22 Å². The summed E-state index contributed by atoms with van der Waals surface area (Å²) in [4.78, 5) is 14.5. The fourth-order valence-corrected chi connectivity index (χ4v) is 1.52. The van der Waals surface area contributed by atoms with E-state index in [9.17, 15) is 4.79 Å². The molecule has 0 spiro atoms. The number of carboxylic acid groups (broad SMARTS) is 1. The Morgan fingerprint density at radius 2 is 2.29 bits per heavy atom. The maximum atomic E-state index is 10.4. The second-order valence-electron chi connectivity index (χ2n) is 2.82. The zero-order valence-electron chi connectivity index (χ0n) is 8.03. The van der Waals surface area contributed by atoms with Crippen LogP contribution in [-0.2, 0) is 4.79 Å². The van der Waals surface area contributed by atoms with Crippen molar-refractivity contribution in [2.24, 2.45) is 0 Å². The Bertz CT molecular complexity index is 351. The van der Waals surface area contributed by atoms with E-state index in [1.807, 2.05) is 13.8 Å². The lowest BCUT2D eigenvalue weighted by molar-refractivity contribution is -0.132. The number of aromatic nitrogens is 1. The van der Waals surface area contributed by atoms with E-state index in [-0.39, 0.29) is 11.3 Å². The first-order valence-electron chi connectivity index (χ1n) is 3.98. The predicted molar refractivity (Wildman–Crippen MR) is 53.5 cm³/mol. The van der Waals surface area contributed by atoms with Crippen LogP contribution < -0.4 is 0 Å². The van der Waals surface area contributed by atoms with Crippen LogP contribution in [0.1, 0.15) is 11.5 Å². The van der Waals surface area contributed by atoms with Gasteiger partial charge in [-0.3, -0.25) is 0 Å². The molecule has 0 fully saturated rings. The smallest absolute Gasteiger partial charge is 0.331 e. The second-order valence-corrected chi connectivity index (χ2v) is 3.75. The molecule has 5 heteroatoms. The van der Waals surface area contributed by atoms with Gasteiger partial charge in [-0.15, -0.1) is 0 Å². The molecule has 1 heterocycles. The number of aryl methyl sites for hydroxylation is 2. The Morgan fingerprint density at radius 1 is 1.64 bits per heavy atom. The van der Waals surface area contributed by atoms with E-state index in [1.165, 1.54) is 11.8 Å². The van der Waals surface area contributed by atoms with Crippen molar-refractivity contribution in [2.75, 3.05) is 5.75 Å². The molecule has 0 amide bonds. The van der Waals surface area contributed by atoms with Crippen LogP contribution in [0.15, 0.2) is 21.8 Å².